The second-order valence-electron chi connectivity index (χ2n) is 8.40. The quantitative estimate of drug-likeness (QED) is 0.264. The lowest BCUT2D eigenvalue weighted by Gasteiger charge is -2.26. The second kappa shape index (κ2) is 12.3. The van der Waals surface area contributed by atoms with Gasteiger partial charge in [0.05, 0.1) is 24.6 Å². The Balaban J connectivity index is 0.00000289. The van der Waals surface area contributed by atoms with Crippen molar-refractivity contribution in [3.05, 3.63) is 94.6 Å². The summed E-state index contributed by atoms with van der Waals surface area (Å²) in [5, 5.41) is 2.21. The van der Waals surface area contributed by atoms with Crippen LogP contribution in [0.1, 0.15) is 5.56 Å². The summed E-state index contributed by atoms with van der Waals surface area (Å²) >= 11 is 1.69. The van der Waals surface area contributed by atoms with Crippen LogP contribution in [0.25, 0.3) is 11.3 Å². The smallest absolute Gasteiger partial charge is 0.190 e. The summed E-state index contributed by atoms with van der Waals surface area (Å²) in [6.45, 7) is 7.54. The molecule has 1 fully saturated rings. The van der Waals surface area contributed by atoms with Crippen molar-refractivity contribution in [2.45, 2.75) is 13.5 Å². The number of benzene rings is 3. The average Bonchev–Trinajstić information content (AvgIpc) is 3.28. The maximum atomic E-state index is 5.98. The minimum atomic E-state index is 0. The molecule has 182 valence electrons. The molecule has 2 heterocycles. The molecule has 35 heavy (non-hydrogen) atoms. The zero-order chi connectivity index (χ0) is 23.2. The Labute approximate surface area is 221 Å². The molecule has 0 bridgehead atoms. The van der Waals surface area contributed by atoms with Gasteiger partial charge in [-0.1, -0.05) is 35.9 Å². The van der Waals surface area contributed by atoms with Crippen molar-refractivity contribution < 1.29 is 9.47 Å². The molecule has 0 aliphatic carbocycles. The van der Waals surface area contributed by atoms with Crippen LogP contribution in [0.3, 0.4) is 0 Å². The summed E-state index contributed by atoms with van der Waals surface area (Å²) in [7, 11) is 0. The third kappa shape index (κ3) is 6.70. The Hall–Kier alpha value is -2.71. The SMILES string of the molecule is Br.Cc1ccc(N=c2scc(-c3ccc(Oc4ccccc4)cc3)n2CCN2CCOCC2)cc1. The van der Waals surface area contributed by atoms with E-state index in [0.717, 1.165) is 66.9 Å². The monoisotopic (exact) mass is 551 g/mol. The fraction of sp³-hybridized carbons (Fsp3) is 0.250. The Kier molecular flexibility index (Phi) is 8.93. The van der Waals surface area contributed by atoms with Gasteiger partial charge in [0.1, 0.15) is 11.5 Å². The Morgan fingerprint density at radius 3 is 2.26 bits per heavy atom. The van der Waals surface area contributed by atoms with Crippen LogP contribution in [0.5, 0.6) is 11.5 Å². The Morgan fingerprint density at radius 1 is 0.857 bits per heavy atom. The predicted octanol–water partition coefficient (Wildman–Crippen LogP) is 6.46. The lowest BCUT2D eigenvalue weighted by atomic mass is 10.1. The first-order valence-corrected chi connectivity index (χ1v) is 12.6. The van der Waals surface area contributed by atoms with Crippen LogP contribution in [0.4, 0.5) is 5.69 Å². The highest BCUT2D eigenvalue weighted by Crippen LogP contribution is 2.26. The van der Waals surface area contributed by atoms with Crippen LogP contribution in [-0.2, 0) is 11.3 Å². The van der Waals surface area contributed by atoms with Crippen LogP contribution >= 0.6 is 28.3 Å². The van der Waals surface area contributed by atoms with Crippen molar-refractivity contribution in [2.75, 3.05) is 32.8 Å². The first-order chi connectivity index (χ1) is 16.7. The van der Waals surface area contributed by atoms with Gasteiger partial charge in [-0.25, -0.2) is 4.99 Å². The van der Waals surface area contributed by atoms with Crippen LogP contribution in [0.15, 0.2) is 89.2 Å². The van der Waals surface area contributed by atoms with E-state index in [4.69, 9.17) is 14.5 Å². The molecule has 0 unspecified atom stereocenters. The van der Waals surface area contributed by atoms with Gasteiger partial charge in [0.15, 0.2) is 4.80 Å². The number of thiazole rings is 1. The number of nitrogens with zero attached hydrogens (tertiary/aromatic N) is 3. The first kappa shape index (κ1) is 25.4. The molecule has 5 nitrogen and oxygen atoms in total. The van der Waals surface area contributed by atoms with E-state index in [1.807, 2.05) is 42.5 Å². The summed E-state index contributed by atoms with van der Waals surface area (Å²) in [5.74, 6) is 1.67. The Bertz CT molecular complexity index is 1260. The molecular formula is C28H30BrN3O2S. The predicted molar refractivity (Wildman–Crippen MR) is 148 cm³/mol. The van der Waals surface area contributed by atoms with E-state index in [0.29, 0.717) is 0 Å². The van der Waals surface area contributed by atoms with Gasteiger partial charge in [-0.05, 0) is 61.0 Å². The molecular weight excluding hydrogens is 522 g/mol. The fourth-order valence-corrected chi connectivity index (χ4v) is 4.94. The van der Waals surface area contributed by atoms with Gasteiger partial charge in [-0.15, -0.1) is 28.3 Å². The van der Waals surface area contributed by atoms with E-state index >= 15 is 0 Å². The number of hydrogen-bond acceptors (Lipinski definition) is 5. The molecule has 0 saturated carbocycles. The fourth-order valence-electron chi connectivity index (χ4n) is 3.98. The third-order valence-corrected chi connectivity index (χ3v) is 6.79. The standard InChI is InChI=1S/C28H29N3O2S.BrH/c1-22-7-11-24(12-8-22)29-28-31(16-15-30-17-19-32-20-18-30)27(21-34-28)23-9-13-26(14-10-23)33-25-5-3-2-4-6-25;/h2-14,21H,15-20H2,1H3;1H. The lowest BCUT2D eigenvalue weighted by molar-refractivity contribution is 0.0363. The number of rotatable bonds is 7. The Morgan fingerprint density at radius 2 is 1.54 bits per heavy atom. The van der Waals surface area contributed by atoms with E-state index in [-0.39, 0.29) is 17.0 Å². The van der Waals surface area contributed by atoms with E-state index in [1.54, 1.807) is 11.3 Å². The summed E-state index contributed by atoms with van der Waals surface area (Å²) in [5.41, 5.74) is 4.55. The van der Waals surface area contributed by atoms with E-state index < -0.39 is 0 Å². The maximum absolute atomic E-state index is 5.98. The van der Waals surface area contributed by atoms with Crippen molar-refractivity contribution in [3.63, 3.8) is 0 Å². The average molecular weight is 553 g/mol. The number of para-hydroxylation sites is 1. The molecule has 0 N–H and O–H groups in total. The number of aryl methyl sites for hydroxylation is 1. The molecule has 1 saturated heterocycles. The molecule has 0 radical (unpaired) electrons. The van der Waals surface area contributed by atoms with Gasteiger partial charge in [0, 0.05) is 31.6 Å². The summed E-state index contributed by atoms with van der Waals surface area (Å²) in [4.78, 5) is 8.45. The first-order valence-electron chi connectivity index (χ1n) is 11.7. The minimum Gasteiger partial charge on any atom is -0.457 e. The molecule has 1 aliphatic rings. The normalized spacial score (nSPS) is 14.5. The molecule has 1 aliphatic heterocycles. The number of halogens is 1. The second-order valence-corrected chi connectivity index (χ2v) is 9.23. The molecule has 1 aromatic heterocycles. The summed E-state index contributed by atoms with van der Waals surface area (Å²) < 4.78 is 13.8. The highest BCUT2D eigenvalue weighted by atomic mass is 79.9. The van der Waals surface area contributed by atoms with Crippen molar-refractivity contribution >= 4 is 34.0 Å². The zero-order valence-corrected chi connectivity index (χ0v) is 22.3. The highest BCUT2D eigenvalue weighted by Gasteiger charge is 2.13. The number of morpholine rings is 1. The minimum absolute atomic E-state index is 0. The van der Waals surface area contributed by atoms with Crippen molar-refractivity contribution in [3.8, 4) is 22.8 Å². The van der Waals surface area contributed by atoms with Crippen LogP contribution < -0.4 is 9.54 Å². The number of hydrogen-bond donors (Lipinski definition) is 0. The molecule has 7 heteroatoms. The van der Waals surface area contributed by atoms with Gasteiger partial charge in [-0.2, -0.15) is 0 Å². The van der Waals surface area contributed by atoms with Crippen LogP contribution in [0, 0.1) is 6.92 Å². The van der Waals surface area contributed by atoms with Crippen LogP contribution in [-0.4, -0.2) is 42.3 Å². The van der Waals surface area contributed by atoms with Gasteiger partial charge >= 0.3 is 0 Å². The molecule has 0 amide bonds. The van der Waals surface area contributed by atoms with E-state index in [2.05, 4.69) is 58.2 Å². The van der Waals surface area contributed by atoms with Gasteiger partial charge in [-0.3, -0.25) is 4.90 Å². The lowest BCUT2D eigenvalue weighted by Crippen LogP contribution is -2.39. The highest BCUT2D eigenvalue weighted by molar-refractivity contribution is 8.93. The topological polar surface area (TPSA) is 39.0 Å². The molecule has 3 aromatic carbocycles. The molecule has 5 rings (SSSR count). The van der Waals surface area contributed by atoms with Gasteiger partial charge in [0.2, 0.25) is 0 Å². The largest absolute Gasteiger partial charge is 0.457 e. The van der Waals surface area contributed by atoms with E-state index in [1.165, 1.54) is 11.3 Å². The molecule has 0 spiro atoms. The van der Waals surface area contributed by atoms with E-state index in [9.17, 15) is 0 Å². The van der Waals surface area contributed by atoms with Crippen molar-refractivity contribution in [2.24, 2.45) is 4.99 Å². The van der Waals surface area contributed by atoms with Gasteiger partial charge in [0.25, 0.3) is 0 Å². The maximum Gasteiger partial charge on any atom is 0.190 e. The van der Waals surface area contributed by atoms with Crippen LogP contribution in [0.2, 0.25) is 0 Å². The summed E-state index contributed by atoms with van der Waals surface area (Å²) in [6.07, 6.45) is 0. The molecule has 4 aromatic rings. The van der Waals surface area contributed by atoms with Crippen molar-refractivity contribution in [1.82, 2.24) is 9.47 Å². The molecule has 0 atom stereocenters. The third-order valence-electron chi connectivity index (χ3n) is 5.93. The number of ether oxygens (including phenoxy) is 2. The van der Waals surface area contributed by atoms with Gasteiger partial charge < -0.3 is 14.0 Å². The van der Waals surface area contributed by atoms with Crippen molar-refractivity contribution in [1.29, 1.82) is 0 Å². The number of aromatic nitrogens is 1. The summed E-state index contributed by atoms with van der Waals surface area (Å²) in [6, 6.07) is 26.6. The zero-order valence-electron chi connectivity index (χ0n) is 19.8.